The summed E-state index contributed by atoms with van der Waals surface area (Å²) in [7, 11) is 0. The lowest BCUT2D eigenvalue weighted by Gasteiger charge is -2.15. The summed E-state index contributed by atoms with van der Waals surface area (Å²) in [5.74, 6) is -0.392. The van der Waals surface area contributed by atoms with E-state index in [4.69, 9.17) is 17.3 Å². The molecule has 6 nitrogen and oxygen atoms in total. The maximum absolute atomic E-state index is 12.2. The van der Waals surface area contributed by atoms with Crippen molar-refractivity contribution < 1.29 is 9.72 Å². The van der Waals surface area contributed by atoms with Gasteiger partial charge in [0.1, 0.15) is 10.6 Å². The molecule has 1 aromatic carbocycles. The highest BCUT2D eigenvalue weighted by Gasteiger charge is 2.30. The van der Waals surface area contributed by atoms with Crippen LogP contribution in [-0.4, -0.2) is 34.9 Å². The molecule has 7 heteroatoms. The molecular weight excluding hydrogens is 258 g/mol. The summed E-state index contributed by atoms with van der Waals surface area (Å²) in [5, 5.41) is 10.9. The zero-order valence-corrected chi connectivity index (χ0v) is 10.3. The summed E-state index contributed by atoms with van der Waals surface area (Å²) in [5.41, 5.74) is 5.39. The molecule has 96 valence electrons. The van der Waals surface area contributed by atoms with Crippen LogP contribution in [0.1, 0.15) is 16.8 Å². The number of nitrogens with two attached hydrogens (primary N) is 1. The second kappa shape index (κ2) is 4.91. The average Bonchev–Trinajstić information content (AvgIpc) is 2.74. The number of amides is 1. The number of para-hydroxylation sites is 1. The number of benzene rings is 1. The Morgan fingerprint density at radius 3 is 2.83 bits per heavy atom. The summed E-state index contributed by atoms with van der Waals surface area (Å²) in [4.78, 5) is 24.0. The van der Waals surface area contributed by atoms with E-state index >= 15 is 0 Å². The van der Waals surface area contributed by atoms with Crippen LogP contribution in [-0.2, 0) is 0 Å². The number of nitrogens with zero attached hydrogens (tertiary/aromatic N) is 2. The highest BCUT2D eigenvalue weighted by atomic mass is 35.5. The fraction of sp³-hybridized carbons (Fsp3) is 0.364. The number of carbonyl (C=O) groups is 1. The van der Waals surface area contributed by atoms with Gasteiger partial charge in [0.25, 0.3) is 5.91 Å². The lowest BCUT2D eigenvalue weighted by Crippen LogP contribution is -2.32. The van der Waals surface area contributed by atoms with Gasteiger partial charge in [-0.2, -0.15) is 0 Å². The van der Waals surface area contributed by atoms with E-state index in [1.54, 1.807) is 0 Å². The number of hydrogen-bond donors (Lipinski definition) is 1. The van der Waals surface area contributed by atoms with Gasteiger partial charge in [0.15, 0.2) is 0 Å². The summed E-state index contributed by atoms with van der Waals surface area (Å²) in [6, 6.07) is 4.27. The predicted octanol–water partition coefficient (Wildman–Crippen LogP) is 1.42. The molecule has 0 saturated carbocycles. The van der Waals surface area contributed by atoms with E-state index in [-0.39, 0.29) is 22.3 Å². The number of rotatable bonds is 2. The average molecular weight is 270 g/mol. The normalized spacial score (nSPS) is 19.0. The first-order valence-electron chi connectivity index (χ1n) is 5.48. The van der Waals surface area contributed by atoms with Crippen molar-refractivity contribution in [3.8, 4) is 0 Å². The van der Waals surface area contributed by atoms with Crippen molar-refractivity contribution in [1.82, 2.24) is 4.90 Å². The molecule has 0 unspecified atom stereocenters. The molecule has 2 rings (SSSR count). The minimum absolute atomic E-state index is 0.0154. The first-order chi connectivity index (χ1) is 8.50. The van der Waals surface area contributed by atoms with Crippen LogP contribution in [0.25, 0.3) is 0 Å². The molecule has 2 N–H and O–H groups in total. The smallest absolute Gasteiger partial charge is 0.300 e. The molecule has 1 amide bonds. The quantitative estimate of drug-likeness (QED) is 0.649. The molecule has 0 spiro atoms. The monoisotopic (exact) mass is 269 g/mol. The summed E-state index contributed by atoms with van der Waals surface area (Å²) >= 11 is 5.77. The van der Waals surface area contributed by atoms with E-state index in [0.29, 0.717) is 19.5 Å². The van der Waals surface area contributed by atoms with Crippen molar-refractivity contribution in [3.05, 3.63) is 38.9 Å². The first kappa shape index (κ1) is 12.8. The third kappa shape index (κ3) is 2.30. The fourth-order valence-electron chi connectivity index (χ4n) is 2.02. The highest BCUT2D eigenvalue weighted by Crippen LogP contribution is 2.29. The first-order valence-corrected chi connectivity index (χ1v) is 5.86. The Morgan fingerprint density at radius 2 is 2.28 bits per heavy atom. The maximum atomic E-state index is 12.2. The molecule has 0 aliphatic carbocycles. The molecule has 1 saturated heterocycles. The van der Waals surface area contributed by atoms with E-state index in [0.717, 1.165) is 0 Å². The van der Waals surface area contributed by atoms with Crippen molar-refractivity contribution in [2.24, 2.45) is 5.73 Å². The SMILES string of the molecule is N[C@@H]1CCN(C(=O)c2cccc(Cl)c2[N+](=O)[O-])C1. The highest BCUT2D eigenvalue weighted by molar-refractivity contribution is 6.33. The molecule has 1 heterocycles. The van der Waals surface area contributed by atoms with Crippen molar-refractivity contribution >= 4 is 23.2 Å². The lowest BCUT2D eigenvalue weighted by atomic mass is 10.1. The molecule has 1 aliphatic rings. The lowest BCUT2D eigenvalue weighted by molar-refractivity contribution is -0.385. The standard InChI is InChI=1S/C11H12ClN3O3/c12-9-3-1-2-8(10(9)15(17)18)11(16)14-5-4-7(13)6-14/h1-3,7H,4-6,13H2/t7-/m1/s1. The Hall–Kier alpha value is -1.66. The Labute approximate surface area is 108 Å². The van der Waals surface area contributed by atoms with Crippen LogP contribution < -0.4 is 5.73 Å². The number of nitro groups is 1. The fourth-order valence-corrected chi connectivity index (χ4v) is 2.26. The molecule has 18 heavy (non-hydrogen) atoms. The number of carbonyl (C=O) groups excluding carboxylic acids is 1. The van der Waals surface area contributed by atoms with Gasteiger partial charge in [-0.1, -0.05) is 17.7 Å². The van der Waals surface area contributed by atoms with Crippen LogP contribution in [0, 0.1) is 10.1 Å². The van der Waals surface area contributed by atoms with Gasteiger partial charge in [-0.05, 0) is 18.6 Å². The zero-order valence-electron chi connectivity index (χ0n) is 9.51. The molecule has 1 aromatic rings. The molecule has 1 aliphatic heterocycles. The minimum Gasteiger partial charge on any atom is -0.337 e. The Bertz CT molecular complexity index is 506. The predicted molar refractivity (Wildman–Crippen MR) is 66.6 cm³/mol. The maximum Gasteiger partial charge on any atom is 0.300 e. The third-order valence-corrected chi connectivity index (χ3v) is 3.22. The van der Waals surface area contributed by atoms with Crippen LogP contribution in [0.2, 0.25) is 5.02 Å². The topological polar surface area (TPSA) is 89.5 Å². The van der Waals surface area contributed by atoms with Gasteiger partial charge in [-0.25, -0.2) is 0 Å². The van der Waals surface area contributed by atoms with Crippen molar-refractivity contribution in [1.29, 1.82) is 0 Å². The number of halogens is 1. The van der Waals surface area contributed by atoms with Gasteiger partial charge in [-0.15, -0.1) is 0 Å². The van der Waals surface area contributed by atoms with Gasteiger partial charge in [0.05, 0.1) is 4.92 Å². The molecule has 1 atom stereocenters. The van der Waals surface area contributed by atoms with E-state index in [1.165, 1.54) is 23.1 Å². The summed E-state index contributed by atoms with van der Waals surface area (Å²) < 4.78 is 0. The minimum atomic E-state index is -0.633. The van der Waals surface area contributed by atoms with E-state index in [1.807, 2.05) is 0 Å². The Balaban J connectivity index is 2.36. The zero-order chi connectivity index (χ0) is 13.3. The van der Waals surface area contributed by atoms with Gasteiger partial charge < -0.3 is 10.6 Å². The van der Waals surface area contributed by atoms with E-state index < -0.39 is 10.8 Å². The molecular formula is C11H12ClN3O3. The van der Waals surface area contributed by atoms with Gasteiger partial charge >= 0.3 is 5.69 Å². The van der Waals surface area contributed by atoms with Crippen molar-refractivity contribution in [2.45, 2.75) is 12.5 Å². The Morgan fingerprint density at radius 1 is 1.56 bits per heavy atom. The van der Waals surface area contributed by atoms with E-state index in [2.05, 4.69) is 0 Å². The number of likely N-dealkylation sites (tertiary alicyclic amines) is 1. The summed E-state index contributed by atoms with van der Waals surface area (Å²) in [6.07, 6.45) is 0.708. The van der Waals surface area contributed by atoms with Crippen LogP contribution in [0.15, 0.2) is 18.2 Å². The molecule has 1 fully saturated rings. The van der Waals surface area contributed by atoms with Gasteiger partial charge in [-0.3, -0.25) is 14.9 Å². The number of hydrogen-bond acceptors (Lipinski definition) is 4. The van der Waals surface area contributed by atoms with Crippen molar-refractivity contribution in [2.75, 3.05) is 13.1 Å². The van der Waals surface area contributed by atoms with Crippen LogP contribution in [0.5, 0.6) is 0 Å². The second-order valence-corrected chi connectivity index (χ2v) is 4.60. The van der Waals surface area contributed by atoms with Gasteiger partial charge in [0.2, 0.25) is 0 Å². The second-order valence-electron chi connectivity index (χ2n) is 4.19. The third-order valence-electron chi connectivity index (χ3n) is 2.91. The van der Waals surface area contributed by atoms with Crippen LogP contribution in [0.4, 0.5) is 5.69 Å². The molecule has 0 radical (unpaired) electrons. The van der Waals surface area contributed by atoms with Crippen molar-refractivity contribution in [3.63, 3.8) is 0 Å². The van der Waals surface area contributed by atoms with Gasteiger partial charge in [0, 0.05) is 19.1 Å². The molecule has 0 bridgehead atoms. The molecule has 0 aromatic heterocycles. The van der Waals surface area contributed by atoms with Crippen LogP contribution in [0.3, 0.4) is 0 Å². The largest absolute Gasteiger partial charge is 0.337 e. The Kier molecular flexibility index (Phi) is 3.49. The van der Waals surface area contributed by atoms with Crippen LogP contribution >= 0.6 is 11.6 Å². The number of nitro benzene ring substituents is 1. The summed E-state index contributed by atoms with van der Waals surface area (Å²) in [6.45, 7) is 0.937. The van der Waals surface area contributed by atoms with E-state index in [9.17, 15) is 14.9 Å².